The zero-order chi connectivity index (χ0) is 23.6. The lowest BCUT2D eigenvalue weighted by atomic mass is 10.0. The molecule has 0 fully saturated rings. The first-order chi connectivity index (χ1) is 16.0. The van der Waals surface area contributed by atoms with Gasteiger partial charge in [-0.05, 0) is 60.5 Å². The smallest absolute Gasteiger partial charge is 0.237 e. The lowest BCUT2D eigenvalue weighted by Crippen LogP contribution is -2.48. The molecule has 1 aromatic carbocycles. The van der Waals surface area contributed by atoms with Crippen molar-refractivity contribution in [3.63, 3.8) is 0 Å². The minimum Gasteiger partial charge on any atom is -0.491 e. The van der Waals surface area contributed by atoms with E-state index < -0.39 is 6.10 Å². The fourth-order valence-corrected chi connectivity index (χ4v) is 5.18. The Morgan fingerprint density at radius 3 is 2.85 bits per heavy atom. The number of carbonyl (C=O) groups is 1. The molecule has 1 aliphatic heterocycles. The number of hydrogen-bond donors (Lipinski definition) is 1. The zero-order valence-corrected chi connectivity index (χ0v) is 20.4. The van der Waals surface area contributed by atoms with Crippen molar-refractivity contribution in [2.45, 2.75) is 44.8 Å². The molecule has 0 aliphatic carbocycles. The van der Waals surface area contributed by atoms with Crippen LogP contribution in [0, 0.1) is 5.82 Å². The average molecular weight is 479 g/mol. The van der Waals surface area contributed by atoms with Gasteiger partial charge in [0.2, 0.25) is 5.91 Å². The highest BCUT2D eigenvalue weighted by molar-refractivity contribution is 7.10. The Hall–Kier alpha value is -2.00. The fraction of sp³-hybridized carbons (Fsp3) is 0.560. The van der Waals surface area contributed by atoms with Gasteiger partial charge in [-0.3, -0.25) is 9.69 Å². The van der Waals surface area contributed by atoms with E-state index in [1.54, 1.807) is 30.6 Å². The lowest BCUT2D eigenvalue weighted by molar-refractivity contribution is -0.136. The number of hydrogen-bond acceptors (Lipinski definition) is 6. The molecule has 2 atom stereocenters. The van der Waals surface area contributed by atoms with E-state index in [1.165, 1.54) is 17.0 Å². The Bertz CT molecular complexity index is 860. The van der Waals surface area contributed by atoms with E-state index >= 15 is 0 Å². The normalized spacial score (nSPS) is 16.6. The Morgan fingerprint density at radius 2 is 2.12 bits per heavy atom. The summed E-state index contributed by atoms with van der Waals surface area (Å²) in [6, 6.07) is 7.82. The first kappa shape index (κ1) is 25.6. The van der Waals surface area contributed by atoms with Gasteiger partial charge in [0.15, 0.2) is 0 Å². The summed E-state index contributed by atoms with van der Waals surface area (Å²) in [6.45, 7) is 5.01. The monoisotopic (exact) mass is 478 g/mol. The first-order valence-electron chi connectivity index (χ1n) is 11.6. The SMILES string of the molecule is CCC[C@@H](O)CN(CCCOC)CC(=O)N1CCc2sccc2[C@H]1COc1ccc(F)cc1. The zero-order valence-electron chi connectivity index (χ0n) is 19.5. The molecular formula is C25H35FN2O4S. The number of carbonyl (C=O) groups excluding carboxylic acids is 1. The van der Waals surface area contributed by atoms with Crippen LogP contribution in [0.1, 0.15) is 42.7 Å². The van der Waals surface area contributed by atoms with Crippen LogP contribution in [-0.2, 0) is 16.0 Å². The van der Waals surface area contributed by atoms with Crippen molar-refractivity contribution in [1.82, 2.24) is 9.80 Å². The van der Waals surface area contributed by atoms with Crippen molar-refractivity contribution >= 4 is 17.2 Å². The summed E-state index contributed by atoms with van der Waals surface area (Å²) < 4.78 is 24.4. The number of amides is 1. The Kier molecular flexibility index (Phi) is 10.1. The van der Waals surface area contributed by atoms with Crippen LogP contribution in [-0.4, -0.2) is 73.4 Å². The number of fused-ring (bicyclic) bond motifs is 1. The second-order valence-corrected chi connectivity index (χ2v) is 9.44. The van der Waals surface area contributed by atoms with Crippen molar-refractivity contribution in [3.05, 3.63) is 52.0 Å². The predicted octanol–water partition coefficient (Wildman–Crippen LogP) is 3.89. The van der Waals surface area contributed by atoms with Crippen LogP contribution in [0.3, 0.4) is 0 Å². The van der Waals surface area contributed by atoms with Crippen LogP contribution in [0.15, 0.2) is 35.7 Å². The summed E-state index contributed by atoms with van der Waals surface area (Å²) in [5, 5.41) is 12.4. The van der Waals surface area contributed by atoms with Gasteiger partial charge in [-0.2, -0.15) is 0 Å². The minimum absolute atomic E-state index is 0.0284. The Balaban J connectivity index is 1.69. The maximum Gasteiger partial charge on any atom is 0.237 e. The van der Waals surface area contributed by atoms with E-state index in [1.807, 2.05) is 16.7 Å². The fourth-order valence-electron chi connectivity index (χ4n) is 4.25. The highest BCUT2D eigenvalue weighted by Gasteiger charge is 2.33. The molecule has 2 aromatic rings. The third kappa shape index (κ3) is 7.50. The van der Waals surface area contributed by atoms with Gasteiger partial charge in [0.1, 0.15) is 18.2 Å². The molecule has 1 aromatic heterocycles. The largest absolute Gasteiger partial charge is 0.491 e. The molecule has 0 saturated heterocycles. The number of halogens is 1. The van der Waals surface area contributed by atoms with Gasteiger partial charge in [0.05, 0.1) is 18.7 Å². The number of aliphatic hydroxyl groups is 1. The molecule has 1 N–H and O–H groups in total. The van der Waals surface area contributed by atoms with E-state index in [2.05, 4.69) is 11.4 Å². The van der Waals surface area contributed by atoms with E-state index in [4.69, 9.17) is 9.47 Å². The molecular weight excluding hydrogens is 443 g/mol. The van der Waals surface area contributed by atoms with Gasteiger partial charge < -0.3 is 19.5 Å². The second kappa shape index (κ2) is 13.0. The maximum atomic E-state index is 13.4. The van der Waals surface area contributed by atoms with Crippen LogP contribution in [0.25, 0.3) is 0 Å². The van der Waals surface area contributed by atoms with Crippen molar-refractivity contribution in [1.29, 1.82) is 0 Å². The van der Waals surface area contributed by atoms with Crippen LogP contribution in [0.4, 0.5) is 4.39 Å². The molecule has 0 unspecified atom stereocenters. The van der Waals surface area contributed by atoms with Crippen molar-refractivity contribution in [3.8, 4) is 5.75 Å². The summed E-state index contributed by atoms with van der Waals surface area (Å²) in [4.78, 5) is 18.7. The third-order valence-electron chi connectivity index (χ3n) is 5.91. The van der Waals surface area contributed by atoms with Gasteiger partial charge in [0.25, 0.3) is 0 Å². The molecule has 0 bridgehead atoms. The number of thiophene rings is 1. The van der Waals surface area contributed by atoms with Crippen molar-refractivity contribution < 1.29 is 23.8 Å². The molecule has 2 heterocycles. The van der Waals surface area contributed by atoms with E-state index in [0.717, 1.165) is 24.8 Å². The van der Waals surface area contributed by atoms with Gasteiger partial charge >= 0.3 is 0 Å². The molecule has 0 spiro atoms. The van der Waals surface area contributed by atoms with Crippen molar-refractivity contribution in [2.75, 3.05) is 46.5 Å². The molecule has 33 heavy (non-hydrogen) atoms. The molecule has 182 valence electrons. The molecule has 8 heteroatoms. The molecule has 0 saturated carbocycles. The topological polar surface area (TPSA) is 62.2 Å². The van der Waals surface area contributed by atoms with E-state index in [-0.39, 0.29) is 24.3 Å². The summed E-state index contributed by atoms with van der Waals surface area (Å²) in [7, 11) is 1.67. The van der Waals surface area contributed by atoms with Gasteiger partial charge in [0, 0.05) is 38.2 Å². The van der Waals surface area contributed by atoms with Gasteiger partial charge in [-0.1, -0.05) is 13.3 Å². The third-order valence-corrected chi connectivity index (χ3v) is 6.91. The quantitative estimate of drug-likeness (QED) is 0.443. The molecule has 1 aliphatic rings. The average Bonchev–Trinajstić information content (AvgIpc) is 3.28. The van der Waals surface area contributed by atoms with Gasteiger partial charge in [-0.15, -0.1) is 11.3 Å². The number of methoxy groups -OCH3 is 1. The summed E-state index contributed by atoms with van der Waals surface area (Å²) in [5.74, 6) is 0.298. The number of ether oxygens (including phenoxy) is 2. The summed E-state index contributed by atoms with van der Waals surface area (Å²) >= 11 is 1.71. The van der Waals surface area contributed by atoms with Crippen LogP contribution >= 0.6 is 11.3 Å². The lowest BCUT2D eigenvalue weighted by Gasteiger charge is -2.37. The highest BCUT2D eigenvalue weighted by atomic mass is 32.1. The summed E-state index contributed by atoms with van der Waals surface area (Å²) in [5.41, 5.74) is 1.12. The second-order valence-electron chi connectivity index (χ2n) is 8.44. The highest BCUT2D eigenvalue weighted by Crippen LogP contribution is 2.34. The maximum absolute atomic E-state index is 13.4. The van der Waals surface area contributed by atoms with Crippen molar-refractivity contribution in [2.24, 2.45) is 0 Å². The Morgan fingerprint density at radius 1 is 1.33 bits per heavy atom. The minimum atomic E-state index is -0.451. The van der Waals surface area contributed by atoms with Crippen LogP contribution < -0.4 is 4.74 Å². The molecule has 6 nitrogen and oxygen atoms in total. The first-order valence-corrected chi connectivity index (χ1v) is 12.5. The molecule has 3 rings (SSSR count). The van der Waals surface area contributed by atoms with Crippen LogP contribution in [0.2, 0.25) is 0 Å². The van der Waals surface area contributed by atoms with E-state index in [0.29, 0.717) is 45.0 Å². The Labute approximate surface area is 199 Å². The number of aliphatic hydroxyl groups excluding tert-OH is 1. The number of nitrogens with zero attached hydrogens (tertiary/aromatic N) is 2. The standard InChI is InChI=1S/C25H35FN2O4S/c1-3-5-20(29)16-27(12-4-14-31-2)17-25(30)28-13-10-24-22(11-15-33-24)23(28)18-32-21-8-6-19(26)7-9-21/h6-9,11,15,20,23,29H,3-5,10,12-14,16-18H2,1-2H3/t20-,23-/m1/s1. The number of benzene rings is 1. The van der Waals surface area contributed by atoms with Gasteiger partial charge in [-0.25, -0.2) is 4.39 Å². The summed E-state index contributed by atoms with van der Waals surface area (Å²) in [6.07, 6.45) is 2.79. The predicted molar refractivity (Wildman–Crippen MR) is 128 cm³/mol. The van der Waals surface area contributed by atoms with Crippen LogP contribution in [0.5, 0.6) is 5.75 Å². The number of rotatable bonds is 13. The van der Waals surface area contributed by atoms with E-state index in [9.17, 15) is 14.3 Å². The molecule has 0 radical (unpaired) electrons. The molecule has 1 amide bonds.